The molecule has 7 nitrogen and oxygen atoms in total. The number of hydrogen-bond donors (Lipinski definition) is 1. The van der Waals surface area contributed by atoms with Crippen molar-refractivity contribution in [2.45, 2.75) is 39.7 Å². The molecular weight excluding hydrogens is 476 g/mol. The van der Waals surface area contributed by atoms with Crippen molar-refractivity contribution in [1.29, 1.82) is 0 Å². The van der Waals surface area contributed by atoms with Gasteiger partial charge in [0.1, 0.15) is 18.0 Å². The number of rotatable bonds is 10. The topological polar surface area (TPSA) is 84.9 Å². The lowest BCUT2D eigenvalue weighted by Gasteiger charge is -2.26. The zero-order chi connectivity index (χ0) is 26.5. The fourth-order valence-electron chi connectivity index (χ4n) is 4.05. The van der Waals surface area contributed by atoms with Crippen LogP contribution in [0.5, 0.6) is 17.2 Å². The Balaban J connectivity index is 1.85. The van der Waals surface area contributed by atoms with Gasteiger partial charge in [-0.25, -0.2) is 8.42 Å². The summed E-state index contributed by atoms with van der Waals surface area (Å²) in [6, 6.07) is 19.5. The van der Waals surface area contributed by atoms with Gasteiger partial charge in [-0.3, -0.25) is 9.10 Å². The smallest absolute Gasteiger partial charge is 0.241 e. The second kappa shape index (κ2) is 11.5. The van der Waals surface area contributed by atoms with Crippen LogP contribution in [-0.2, 0) is 14.8 Å². The average Bonchev–Trinajstić information content (AvgIpc) is 2.82. The van der Waals surface area contributed by atoms with Gasteiger partial charge in [0.05, 0.1) is 25.1 Å². The van der Waals surface area contributed by atoms with Crippen LogP contribution >= 0.6 is 0 Å². The molecule has 0 bridgehead atoms. The van der Waals surface area contributed by atoms with Crippen LogP contribution in [0, 0.1) is 6.92 Å². The quantitative estimate of drug-likeness (QED) is 0.386. The second-order valence-electron chi connectivity index (χ2n) is 9.05. The SMILES string of the molecule is COc1cc(C)c([C@H](C)NC(=O)CN(c2ccccc2Oc2ccccc2)S(C)(=O)=O)cc1C(C)C. The zero-order valence-corrected chi connectivity index (χ0v) is 22.4. The van der Waals surface area contributed by atoms with Crippen LogP contribution in [0.1, 0.15) is 49.4 Å². The lowest BCUT2D eigenvalue weighted by Crippen LogP contribution is -2.41. The number of nitrogens with zero attached hydrogens (tertiary/aromatic N) is 1. The van der Waals surface area contributed by atoms with Crippen LogP contribution < -0.4 is 19.1 Å². The van der Waals surface area contributed by atoms with Gasteiger partial charge in [0, 0.05) is 0 Å². The fraction of sp³-hybridized carbons (Fsp3) is 0.321. The highest BCUT2D eigenvalue weighted by Gasteiger charge is 2.25. The third-order valence-electron chi connectivity index (χ3n) is 5.88. The van der Waals surface area contributed by atoms with E-state index in [1.54, 1.807) is 43.5 Å². The van der Waals surface area contributed by atoms with Crippen LogP contribution in [0.15, 0.2) is 66.7 Å². The van der Waals surface area contributed by atoms with Gasteiger partial charge in [-0.05, 0) is 72.9 Å². The minimum atomic E-state index is -3.79. The van der Waals surface area contributed by atoms with E-state index in [4.69, 9.17) is 9.47 Å². The Labute approximate surface area is 214 Å². The fourth-order valence-corrected chi connectivity index (χ4v) is 4.91. The third kappa shape index (κ3) is 6.57. The van der Waals surface area contributed by atoms with Crippen molar-refractivity contribution < 1.29 is 22.7 Å². The molecule has 0 aliphatic heterocycles. The molecule has 3 aromatic carbocycles. The van der Waals surface area contributed by atoms with Gasteiger partial charge in [0.15, 0.2) is 5.75 Å². The van der Waals surface area contributed by atoms with Gasteiger partial charge in [-0.2, -0.15) is 0 Å². The summed E-state index contributed by atoms with van der Waals surface area (Å²) in [6.45, 7) is 7.63. The normalized spacial score (nSPS) is 12.2. The molecule has 36 heavy (non-hydrogen) atoms. The van der Waals surface area contributed by atoms with Crippen LogP contribution in [0.25, 0.3) is 0 Å². The average molecular weight is 511 g/mol. The van der Waals surface area contributed by atoms with Gasteiger partial charge in [0.2, 0.25) is 15.9 Å². The minimum Gasteiger partial charge on any atom is -0.496 e. The number of aryl methyl sites for hydroxylation is 1. The van der Waals surface area contributed by atoms with E-state index in [-0.39, 0.29) is 24.2 Å². The maximum atomic E-state index is 13.1. The number of sulfonamides is 1. The Kier molecular flexibility index (Phi) is 8.63. The first-order valence-corrected chi connectivity index (χ1v) is 13.6. The largest absolute Gasteiger partial charge is 0.496 e. The van der Waals surface area contributed by atoms with Gasteiger partial charge >= 0.3 is 0 Å². The molecule has 0 radical (unpaired) electrons. The first-order valence-electron chi connectivity index (χ1n) is 11.8. The Morgan fingerprint density at radius 2 is 1.58 bits per heavy atom. The maximum absolute atomic E-state index is 13.1. The van der Waals surface area contributed by atoms with Crippen LogP contribution in [-0.4, -0.2) is 34.2 Å². The molecule has 0 aliphatic rings. The third-order valence-corrected chi connectivity index (χ3v) is 7.00. The zero-order valence-electron chi connectivity index (χ0n) is 21.6. The number of para-hydroxylation sites is 3. The summed E-state index contributed by atoms with van der Waals surface area (Å²) in [6.07, 6.45) is 1.07. The Bertz CT molecular complexity index is 1310. The monoisotopic (exact) mass is 510 g/mol. The summed E-state index contributed by atoms with van der Waals surface area (Å²) in [7, 11) is -2.14. The molecule has 8 heteroatoms. The van der Waals surface area contributed by atoms with Crippen molar-refractivity contribution in [3.63, 3.8) is 0 Å². The van der Waals surface area contributed by atoms with E-state index >= 15 is 0 Å². The molecule has 0 aromatic heterocycles. The number of methoxy groups -OCH3 is 1. The maximum Gasteiger partial charge on any atom is 0.241 e. The second-order valence-corrected chi connectivity index (χ2v) is 11.0. The molecule has 1 atom stereocenters. The number of hydrogen-bond acceptors (Lipinski definition) is 5. The molecule has 0 heterocycles. The number of carbonyl (C=O) groups is 1. The van der Waals surface area contributed by atoms with Crippen molar-refractivity contribution in [2.75, 3.05) is 24.2 Å². The van der Waals surface area contributed by atoms with Crippen molar-refractivity contribution in [3.05, 3.63) is 83.4 Å². The van der Waals surface area contributed by atoms with Crippen molar-refractivity contribution in [1.82, 2.24) is 5.32 Å². The summed E-state index contributed by atoms with van der Waals surface area (Å²) in [4.78, 5) is 13.1. The Morgan fingerprint density at radius 1 is 0.944 bits per heavy atom. The standard InChI is InChI=1S/C28H34N2O5S/c1-19(2)23-17-24(20(3)16-27(23)34-5)21(4)29-28(31)18-30(36(6,32)33)25-14-10-11-15-26(25)35-22-12-8-7-9-13-22/h7-17,19,21H,18H2,1-6H3,(H,29,31)/t21-/m0/s1. The first-order chi connectivity index (χ1) is 17.0. The highest BCUT2D eigenvalue weighted by atomic mass is 32.2. The molecule has 192 valence electrons. The number of carbonyl (C=O) groups excluding carboxylic acids is 1. The van der Waals surface area contributed by atoms with Gasteiger partial charge < -0.3 is 14.8 Å². The summed E-state index contributed by atoms with van der Waals surface area (Å²) in [5.41, 5.74) is 3.26. The van der Waals surface area contributed by atoms with E-state index in [2.05, 4.69) is 19.2 Å². The number of ether oxygens (including phenoxy) is 2. The molecule has 0 saturated heterocycles. The van der Waals surface area contributed by atoms with Crippen LogP contribution in [0.4, 0.5) is 5.69 Å². The predicted molar refractivity (Wildman–Crippen MR) is 144 cm³/mol. The molecule has 0 spiro atoms. The number of benzene rings is 3. The van der Waals surface area contributed by atoms with E-state index in [0.717, 1.165) is 33.0 Å². The van der Waals surface area contributed by atoms with E-state index in [9.17, 15) is 13.2 Å². The molecular formula is C28H34N2O5S. The Hall–Kier alpha value is -3.52. The molecule has 0 aliphatic carbocycles. The van der Waals surface area contributed by atoms with Gasteiger partial charge in [-0.15, -0.1) is 0 Å². The minimum absolute atomic E-state index is 0.240. The predicted octanol–water partition coefficient (Wildman–Crippen LogP) is 5.56. The van der Waals surface area contributed by atoms with Gasteiger partial charge in [0.25, 0.3) is 0 Å². The Morgan fingerprint density at radius 3 is 2.19 bits per heavy atom. The number of nitrogens with one attached hydrogen (secondary N) is 1. The summed E-state index contributed by atoms with van der Waals surface area (Å²) in [5.74, 6) is 1.52. The van der Waals surface area contributed by atoms with Gasteiger partial charge in [-0.1, -0.05) is 44.2 Å². The molecule has 3 aromatic rings. The van der Waals surface area contributed by atoms with E-state index in [1.807, 2.05) is 44.2 Å². The first kappa shape index (κ1) is 27.1. The summed E-state index contributed by atoms with van der Waals surface area (Å²) in [5, 5.41) is 2.96. The van der Waals surface area contributed by atoms with E-state index in [1.165, 1.54) is 0 Å². The van der Waals surface area contributed by atoms with Crippen molar-refractivity contribution in [2.24, 2.45) is 0 Å². The summed E-state index contributed by atoms with van der Waals surface area (Å²) < 4.78 is 38.0. The molecule has 3 rings (SSSR count). The number of anilines is 1. The molecule has 0 fully saturated rings. The van der Waals surface area contributed by atoms with Crippen molar-refractivity contribution in [3.8, 4) is 17.2 Å². The van der Waals surface area contributed by atoms with E-state index in [0.29, 0.717) is 11.5 Å². The highest BCUT2D eigenvalue weighted by Crippen LogP contribution is 2.34. The number of amides is 1. The lowest BCUT2D eigenvalue weighted by molar-refractivity contribution is -0.120. The van der Waals surface area contributed by atoms with Crippen molar-refractivity contribution >= 4 is 21.6 Å². The van der Waals surface area contributed by atoms with Crippen LogP contribution in [0.3, 0.4) is 0 Å². The van der Waals surface area contributed by atoms with E-state index < -0.39 is 15.9 Å². The molecule has 1 N–H and O–H groups in total. The molecule has 1 amide bonds. The van der Waals surface area contributed by atoms with Crippen LogP contribution in [0.2, 0.25) is 0 Å². The highest BCUT2D eigenvalue weighted by molar-refractivity contribution is 7.92. The molecule has 0 unspecified atom stereocenters. The lowest BCUT2D eigenvalue weighted by atomic mass is 9.93. The molecule has 0 saturated carbocycles. The summed E-state index contributed by atoms with van der Waals surface area (Å²) >= 11 is 0.